The Bertz CT molecular complexity index is 1700. The molecule has 0 radical (unpaired) electrons. The van der Waals surface area contributed by atoms with Crippen LogP contribution in [0.2, 0.25) is 0 Å². The van der Waals surface area contributed by atoms with Gasteiger partial charge in [0.2, 0.25) is 0 Å². The zero-order chi connectivity index (χ0) is 24.6. The number of ether oxygens (including phenoxy) is 1. The van der Waals surface area contributed by atoms with Crippen LogP contribution in [0.5, 0.6) is 5.75 Å². The van der Waals surface area contributed by atoms with E-state index in [2.05, 4.69) is 41.5 Å². The topological polar surface area (TPSA) is 117 Å². The SMILES string of the molecule is c1ccc(-c2ccnc3[nH]c(-c4n[nH]c5ccc(-c6cncc(OC7CCNCC7)c6)nc45)cc23)nc1. The Morgan fingerprint density at radius 3 is 2.73 bits per heavy atom. The number of hydrogen-bond acceptors (Lipinski definition) is 7. The Hall–Kier alpha value is -4.63. The van der Waals surface area contributed by atoms with E-state index >= 15 is 0 Å². The summed E-state index contributed by atoms with van der Waals surface area (Å²) in [6.45, 7) is 1.96. The molecule has 1 aliphatic heterocycles. The predicted octanol–water partition coefficient (Wildman–Crippen LogP) is 4.76. The number of pyridine rings is 4. The Morgan fingerprint density at radius 2 is 1.84 bits per heavy atom. The summed E-state index contributed by atoms with van der Waals surface area (Å²) in [5.41, 5.74) is 7.58. The van der Waals surface area contributed by atoms with Crippen molar-refractivity contribution in [3.05, 3.63) is 73.3 Å². The first kappa shape index (κ1) is 21.6. The lowest BCUT2D eigenvalue weighted by Crippen LogP contribution is -2.34. The molecular formula is C28H24N8O. The van der Waals surface area contributed by atoms with Gasteiger partial charge in [0.1, 0.15) is 28.7 Å². The molecule has 0 spiro atoms. The number of aromatic amines is 2. The lowest BCUT2D eigenvalue weighted by molar-refractivity contribution is 0.162. The van der Waals surface area contributed by atoms with Crippen molar-refractivity contribution in [2.24, 2.45) is 0 Å². The fourth-order valence-electron chi connectivity index (χ4n) is 4.88. The molecule has 0 amide bonds. The van der Waals surface area contributed by atoms with Crippen LogP contribution in [0.1, 0.15) is 12.8 Å². The number of piperidine rings is 1. The molecule has 6 aromatic heterocycles. The second kappa shape index (κ2) is 9.11. The molecule has 37 heavy (non-hydrogen) atoms. The van der Waals surface area contributed by atoms with Gasteiger partial charge in [0.25, 0.3) is 0 Å². The van der Waals surface area contributed by atoms with E-state index in [4.69, 9.17) is 9.72 Å². The first-order valence-corrected chi connectivity index (χ1v) is 12.4. The van der Waals surface area contributed by atoms with E-state index in [1.165, 1.54) is 0 Å². The lowest BCUT2D eigenvalue weighted by atomic mass is 10.1. The van der Waals surface area contributed by atoms with Crippen molar-refractivity contribution in [2.45, 2.75) is 18.9 Å². The first-order valence-electron chi connectivity index (χ1n) is 12.4. The molecule has 0 atom stereocenters. The summed E-state index contributed by atoms with van der Waals surface area (Å²) in [6, 6.07) is 15.9. The Morgan fingerprint density at radius 1 is 0.892 bits per heavy atom. The van der Waals surface area contributed by atoms with Gasteiger partial charge in [0.15, 0.2) is 0 Å². The van der Waals surface area contributed by atoms with E-state index in [0.717, 1.165) is 87.7 Å². The molecule has 0 bridgehead atoms. The highest BCUT2D eigenvalue weighted by Crippen LogP contribution is 2.33. The second-order valence-electron chi connectivity index (χ2n) is 9.16. The maximum absolute atomic E-state index is 6.20. The average Bonchev–Trinajstić information content (AvgIpc) is 3.58. The number of fused-ring (bicyclic) bond motifs is 2. The highest BCUT2D eigenvalue weighted by Gasteiger charge is 2.18. The zero-order valence-electron chi connectivity index (χ0n) is 20.0. The highest BCUT2D eigenvalue weighted by molar-refractivity contribution is 5.98. The molecular weight excluding hydrogens is 464 g/mol. The predicted molar refractivity (Wildman–Crippen MR) is 142 cm³/mol. The van der Waals surface area contributed by atoms with Gasteiger partial charge in [-0.3, -0.25) is 15.1 Å². The third-order valence-electron chi connectivity index (χ3n) is 6.73. The van der Waals surface area contributed by atoms with Gasteiger partial charge in [-0.15, -0.1) is 0 Å². The van der Waals surface area contributed by atoms with Crippen LogP contribution in [0.3, 0.4) is 0 Å². The number of aromatic nitrogens is 7. The van der Waals surface area contributed by atoms with E-state index in [1.807, 2.05) is 48.7 Å². The third-order valence-corrected chi connectivity index (χ3v) is 6.73. The fourth-order valence-corrected chi connectivity index (χ4v) is 4.88. The van der Waals surface area contributed by atoms with E-state index in [1.54, 1.807) is 18.6 Å². The molecule has 0 aliphatic carbocycles. The molecule has 1 aliphatic rings. The van der Waals surface area contributed by atoms with E-state index in [9.17, 15) is 0 Å². The summed E-state index contributed by atoms with van der Waals surface area (Å²) in [7, 11) is 0. The Kier molecular flexibility index (Phi) is 5.32. The number of H-pyrrole nitrogens is 2. The summed E-state index contributed by atoms with van der Waals surface area (Å²) in [6.07, 6.45) is 9.36. The molecule has 0 unspecified atom stereocenters. The monoisotopic (exact) mass is 488 g/mol. The summed E-state index contributed by atoms with van der Waals surface area (Å²) in [5.74, 6) is 0.766. The minimum Gasteiger partial charge on any atom is -0.489 e. The highest BCUT2D eigenvalue weighted by atomic mass is 16.5. The largest absolute Gasteiger partial charge is 0.489 e. The van der Waals surface area contributed by atoms with Crippen LogP contribution in [0.25, 0.3) is 56.0 Å². The first-order chi connectivity index (χ1) is 18.3. The number of nitrogens with one attached hydrogen (secondary N) is 3. The molecule has 7 rings (SSSR count). The minimum absolute atomic E-state index is 0.209. The molecule has 1 saturated heterocycles. The van der Waals surface area contributed by atoms with Crippen molar-refractivity contribution < 1.29 is 4.74 Å². The van der Waals surface area contributed by atoms with Gasteiger partial charge >= 0.3 is 0 Å². The summed E-state index contributed by atoms with van der Waals surface area (Å²) in [4.78, 5) is 21.8. The van der Waals surface area contributed by atoms with Crippen LogP contribution < -0.4 is 10.1 Å². The van der Waals surface area contributed by atoms with Crippen LogP contribution in [-0.2, 0) is 0 Å². The third kappa shape index (κ3) is 4.09. The fraction of sp³-hybridized carbons (Fsp3) is 0.179. The maximum atomic E-state index is 6.20. The van der Waals surface area contributed by atoms with Gasteiger partial charge in [-0.1, -0.05) is 6.07 Å². The summed E-state index contributed by atoms with van der Waals surface area (Å²) < 4.78 is 6.20. The summed E-state index contributed by atoms with van der Waals surface area (Å²) >= 11 is 0. The smallest absolute Gasteiger partial charge is 0.138 e. The van der Waals surface area contributed by atoms with E-state index in [-0.39, 0.29) is 6.10 Å². The summed E-state index contributed by atoms with van der Waals surface area (Å²) in [5, 5.41) is 12.0. The van der Waals surface area contributed by atoms with Crippen LogP contribution in [-0.4, -0.2) is 54.3 Å². The van der Waals surface area contributed by atoms with Crippen LogP contribution >= 0.6 is 0 Å². The molecule has 0 aromatic carbocycles. The van der Waals surface area contributed by atoms with E-state index < -0.39 is 0 Å². The molecule has 1 fully saturated rings. The minimum atomic E-state index is 0.209. The normalized spacial score (nSPS) is 14.4. The van der Waals surface area contributed by atoms with Crippen molar-refractivity contribution in [1.82, 2.24) is 40.4 Å². The molecule has 7 heterocycles. The number of rotatable bonds is 5. The molecule has 9 heteroatoms. The second-order valence-corrected chi connectivity index (χ2v) is 9.16. The molecule has 3 N–H and O–H groups in total. The standard InChI is InChI=1S/C28H24N8O/c1-2-9-31-23(3-1)20-8-12-32-28-21(20)14-25(34-28)27-26-24(35-36-27)5-4-22(33-26)17-13-19(16-30-15-17)37-18-6-10-29-11-7-18/h1-5,8-9,12-16,18,29H,6-7,10-11H2,(H,32,34)(H,35,36). The molecule has 9 nitrogen and oxygen atoms in total. The van der Waals surface area contributed by atoms with Gasteiger partial charge in [-0.2, -0.15) is 5.10 Å². The Balaban J connectivity index is 1.26. The van der Waals surface area contributed by atoms with Crippen LogP contribution in [0.15, 0.2) is 73.3 Å². The van der Waals surface area contributed by atoms with E-state index in [0.29, 0.717) is 0 Å². The zero-order valence-corrected chi connectivity index (χ0v) is 20.0. The quantitative estimate of drug-likeness (QED) is 0.320. The van der Waals surface area contributed by atoms with Crippen molar-refractivity contribution >= 4 is 22.1 Å². The number of hydrogen-bond donors (Lipinski definition) is 3. The van der Waals surface area contributed by atoms with Crippen molar-refractivity contribution in [3.63, 3.8) is 0 Å². The Labute approximate surface area is 212 Å². The lowest BCUT2D eigenvalue weighted by Gasteiger charge is -2.23. The van der Waals surface area contributed by atoms with Crippen LogP contribution in [0.4, 0.5) is 0 Å². The molecule has 6 aromatic rings. The maximum Gasteiger partial charge on any atom is 0.138 e. The number of nitrogens with zero attached hydrogens (tertiary/aromatic N) is 5. The van der Waals surface area contributed by atoms with Gasteiger partial charge in [0, 0.05) is 35.1 Å². The van der Waals surface area contributed by atoms with Gasteiger partial charge in [-0.25, -0.2) is 9.97 Å². The average molecular weight is 489 g/mol. The molecule has 0 saturated carbocycles. The van der Waals surface area contributed by atoms with Gasteiger partial charge < -0.3 is 15.0 Å². The van der Waals surface area contributed by atoms with Gasteiger partial charge in [-0.05, 0) is 68.4 Å². The molecule has 182 valence electrons. The van der Waals surface area contributed by atoms with Crippen molar-refractivity contribution in [2.75, 3.05) is 13.1 Å². The van der Waals surface area contributed by atoms with Gasteiger partial charge in [0.05, 0.1) is 28.8 Å². The van der Waals surface area contributed by atoms with Crippen molar-refractivity contribution in [1.29, 1.82) is 0 Å². The van der Waals surface area contributed by atoms with Crippen LogP contribution in [0, 0.1) is 0 Å². The van der Waals surface area contributed by atoms with Crippen molar-refractivity contribution in [3.8, 4) is 39.7 Å².